The van der Waals surface area contributed by atoms with Crippen molar-refractivity contribution >= 4 is 15.9 Å². The van der Waals surface area contributed by atoms with Crippen molar-refractivity contribution in [1.29, 1.82) is 5.26 Å². The molecule has 0 unspecified atom stereocenters. The third kappa shape index (κ3) is 3.57. The van der Waals surface area contributed by atoms with Gasteiger partial charge < -0.3 is 15.2 Å². The van der Waals surface area contributed by atoms with Crippen LogP contribution >= 0.6 is 15.9 Å². The van der Waals surface area contributed by atoms with Crippen molar-refractivity contribution in [3.8, 4) is 17.7 Å². The minimum Gasteiger partial charge on any atom is -0.489 e. The molecule has 0 bridgehead atoms. The van der Waals surface area contributed by atoms with Crippen molar-refractivity contribution in [2.75, 3.05) is 0 Å². The van der Waals surface area contributed by atoms with Crippen LogP contribution in [-0.4, -0.2) is 10.2 Å². The summed E-state index contributed by atoms with van der Waals surface area (Å²) < 4.78 is 25.8. The number of rotatable bonds is 4. The van der Waals surface area contributed by atoms with E-state index >= 15 is 0 Å². The Morgan fingerprint density at radius 1 is 1.34 bits per heavy atom. The second-order valence-electron chi connectivity index (χ2n) is 6.59. The first-order valence-corrected chi connectivity index (χ1v) is 9.56. The van der Waals surface area contributed by atoms with Crippen LogP contribution in [0.5, 0.6) is 11.6 Å². The van der Waals surface area contributed by atoms with Crippen molar-refractivity contribution in [2.45, 2.75) is 19.4 Å². The van der Waals surface area contributed by atoms with Gasteiger partial charge in [0.05, 0.1) is 5.92 Å². The number of H-pyrrole nitrogens is 1. The first-order valence-electron chi connectivity index (χ1n) is 8.77. The van der Waals surface area contributed by atoms with Crippen molar-refractivity contribution in [1.82, 2.24) is 10.2 Å². The van der Waals surface area contributed by atoms with Gasteiger partial charge in [0.1, 0.15) is 29.8 Å². The third-order valence-corrected chi connectivity index (χ3v) is 5.19. The number of benzene rings is 2. The van der Waals surface area contributed by atoms with E-state index in [1.54, 1.807) is 18.2 Å². The molecule has 3 aromatic rings. The number of nitrogens with two attached hydrogens (primary N) is 1. The maximum absolute atomic E-state index is 13.5. The highest BCUT2D eigenvalue weighted by molar-refractivity contribution is 9.10. The monoisotopic (exact) mass is 454 g/mol. The summed E-state index contributed by atoms with van der Waals surface area (Å²) in [5.41, 5.74) is 9.19. The molecule has 6 nitrogen and oxygen atoms in total. The fourth-order valence-electron chi connectivity index (χ4n) is 3.37. The number of nitrogens with zero attached hydrogens (tertiary/aromatic N) is 2. The van der Waals surface area contributed by atoms with Gasteiger partial charge >= 0.3 is 0 Å². The Labute approximate surface area is 174 Å². The minimum atomic E-state index is -0.512. The molecule has 2 heterocycles. The van der Waals surface area contributed by atoms with Gasteiger partial charge in [0.15, 0.2) is 0 Å². The summed E-state index contributed by atoms with van der Waals surface area (Å²) in [6, 6.07) is 13.9. The number of hydrogen-bond donors (Lipinski definition) is 2. The van der Waals surface area contributed by atoms with Gasteiger partial charge in [0.2, 0.25) is 11.8 Å². The molecule has 0 radical (unpaired) electrons. The topological polar surface area (TPSA) is 97.0 Å². The van der Waals surface area contributed by atoms with E-state index in [1.165, 1.54) is 12.1 Å². The molecule has 2 aromatic carbocycles. The quantitative estimate of drug-likeness (QED) is 0.607. The Balaban J connectivity index is 1.79. The summed E-state index contributed by atoms with van der Waals surface area (Å²) in [5, 5.41) is 16.8. The van der Waals surface area contributed by atoms with E-state index < -0.39 is 5.92 Å². The lowest BCUT2D eigenvalue weighted by Gasteiger charge is -2.25. The van der Waals surface area contributed by atoms with Gasteiger partial charge in [-0.25, -0.2) is 4.39 Å². The molecule has 4 rings (SSSR count). The van der Waals surface area contributed by atoms with E-state index in [1.807, 2.05) is 19.1 Å². The smallest absolute Gasteiger partial charge is 0.244 e. The molecule has 1 aromatic heterocycles. The SMILES string of the molecule is Cc1[nH]nc2c1[C@@H](c1cc(Br)ccc1OCc1cccc(F)c1)C(C#N)=C(N)O2. The maximum Gasteiger partial charge on any atom is 0.244 e. The number of aromatic nitrogens is 2. The summed E-state index contributed by atoms with van der Waals surface area (Å²) in [6.45, 7) is 2.03. The molecule has 1 aliphatic heterocycles. The minimum absolute atomic E-state index is 0.00700. The Morgan fingerprint density at radius 3 is 2.93 bits per heavy atom. The zero-order valence-electron chi connectivity index (χ0n) is 15.4. The van der Waals surface area contributed by atoms with E-state index in [0.717, 1.165) is 21.3 Å². The molecule has 0 amide bonds. The molecule has 146 valence electrons. The first-order chi connectivity index (χ1) is 14.0. The normalized spacial score (nSPS) is 15.4. The first kappa shape index (κ1) is 19.0. The highest BCUT2D eigenvalue weighted by Crippen LogP contribution is 2.46. The lowest BCUT2D eigenvalue weighted by molar-refractivity contribution is 0.301. The third-order valence-electron chi connectivity index (χ3n) is 4.70. The van der Waals surface area contributed by atoms with Gasteiger partial charge in [0.25, 0.3) is 0 Å². The molecule has 0 fully saturated rings. The van der Waals surface area contributed by atoms with Gasteiger partial charge in [-0.2, -0.15) is 5.26 Å². The summed E-state index contributed by atoms with van der Waals surface area (Å²) in [4.78, 5) is 0. The number of halogens is 2. The zero-order chi connectivity index (χ0) is 20.5. The lowest BCUT2D eigenvalue weighted by atomic mass is 9.83. The van der Waals surface area contributed by atoms with Crippen LogP contribution in [0.15, 0.2) is 58.4 Å². The maximum atomic E-state index is 13.5. The molecule has 0 saturated carbocycles. The number of nitrogens with one attached hydrogen (secondary N) is 1. The van der Waals surface area contributed by atoms with Crippen LogP contribution in [0.2, 0.25) is 0 Å². The number of aryl methyl sites for hydroxylation is 1. The summed E-state index contributed by atoms with van der Waals surface area (Å²) >= 11 is 3.48. The van der Waals surface area contributed by atoms with Crippen LogP contribution in [0.4, 0.5) is 4.39 Å². The van der Waals surface area contributed by atoms with Crippen molar-refractivity contribution in [3.05, 3.63) is 86.6 Å². The molecule has 8 heteroatoms. The number of nitriles is 1. The van der Waals surface area contributed by atoms with Crippen LogP contribution in [0.3, 0.4) is 0 Å². The van der Waals surface area contributed by atoms with E-state index in [4.69, 9.17) is 15.2 Å². The van der Waals surface area contributed by atoms with Crippen molar-refractivity contribution in [2.24, 2.45) is 5.73 Å². The van der Waals surface area contributed by atoms with Gasteiger partial charge in [-0.3, -0.25) is 5.10 Å². The van der Waals surface area contributed by atoms with Crippen LogP contribution in [0.25, 0.3) is 0 Å². The second kappa shape index (κ2) is 7.60. The average Bonchev–Trinajstić information content (AvgIpc) is 3.06. The number of ether oxygens (including phenoxy) is 2. The largest absolute Gasteiger partial charge is 0.489 e. The standard InChI is InChI=1S/C21H16BrFN4O2/c1-11-18-19(16(9-24)20(25)29-21(18)27-26-11)15-8-13(22)5-6-17(15)28-10-12-3-2-4-14(23)7-12/h2-8,19H,10,25H2,1H3,(H,26,27)/t19-/m0/s1. The number of allylic oxidation sites excluding steroid dienone is 1. The van der Waals surface area contributed by atoms with Crippen LogP contribution < -0.4 is 15.2 Å². The predicted octanol–water partition coefficient (Wildman–Crippen LogP) is 4.42. The number of fused-ring (bicyclic) bond motifs is 1. The fourth-order valence-corrected chi connectivity index (χ4v) is 3.75. The molecule has 3 N–H and O–H groups in total. The summed E-state index contributed by atoms with van der Waals surface area (Å²) in [6.07, 6.45) is 0. The Bertz CT molecular complexity index is 1170. The molecular formula is C21H16BrFN4O2. The van der Waals surface area contributed by atoms with E-state index in [-0.39, 0.29) is 23.9 Å². The van der Waals surface area contributed by atoms with Gasteiger partial charge in [-0.05, 0) is 42.8 Å². The van der Waals surface area contributed by atoms with Crippen molar-refractivity contribution in [3.63, 3.8) is 0 Å². The fraction of sp³-hybridized carbons (Fsp3) is 0.143. The zero-order valence-corrected chi connectivity index (χ0v) is 17.0. The Hall–Kier alpha value is -3.31. The number of aromatic amines is 1. The second-order valence-corrected chi connectivity index (χ2v) is 7.51. The highest BCUT2D eigenvalue weighted by Gasteiger charge is 2.36. The Morgan fingerprint density at radius 2 is 2.17 bits per heavy atom. The van der Waals surface area contributed by atoms with Crippen LogP contribution in [0, 0.1) is 24.1 Å². The molecule has 29 heavy (non-hydrogen) atoms. The Kier molecular flexibility index (Phi) is 4.99. The number of hydrogen-bond acceptors (Lipinski definition) is 5. The van der Waals surface area contributed by atoms with Gasteiger partial charge in [-0.15, -0.1) is 5.10 Å². The average molecular weight is 455 g/mol. The van der Waals surface area contributed by atoms with Crippen LogP contribution in [-0.2, 0) is 6.61 Å². The van der Waals surface area contributed by atoms with Gasteiger partial charge in [-0.1, -0.05) is 28.1 Å². The highest BCUT2D eigenvalue weighted by atomic mass is 79.9. The van der Waals surface area contributed by atoms with E-state index in [0.29, 0.717) is 17.2 Å². The lowest BCUT2D eigenvalue weighted by Crippen LogP contribution is -2.21. The molecule has 0 aliphatic carbocycles. The van der Waals surface area contributed by atoms with E-state index in [2.05, 4.69) is 32.2 Å². The molecule has 1 atom stereocenters. The van der Waals surface area contributed by atoms with E-state index in [9.17, 15) is 9.65 Å². The molecule has 0 spiro atoms. The van der Waals surface area contributed by atoms with Gasteiger partial charge in [0, 0.05) is 21.3 Å². The molecular weight excluding hydrogens is 439 g/mol. The molecule has 1 aliphatic rings. The van der Waals surface area contributed by atoms with Crippen molar-refractivity contribution < 1.29 is 13.9 Å². The predicted molar refractivity (Wildman–Crippen MR) is 107 cm³/mol. The molecule has 0 saturated heterocycles. The summed E-state index contributed by atoms with van der Waals surface area (Å²) in [5.74, 6) is 0.0549. The summed E-state index contributed by atoms with van der Waals surface area (Å²) in [7, 11) is 0. The van der Waals surface area contributed by atoms with Crippen LogP contribution in [0.1, 0.15) is 28.3 Å².